The quantitative estimate of drug-likeness (QED) is 0.686. The van der Waals surface area contributed by atoms with Crippen LogP contribution >= 0.6 is 0 Å². The number of aromatic nitrogens is 2. The van der Waals surface area contributed by atoms with Crippen LogP contribution in [0, 0.1) is 11.6 Å². The van der Waals surface area contributed by atoms with Crippen LogP contribution in [0.15, 0.2) is 48.8 Å². The molecule has 2 N–H and O–H groups in total. The van der Waals surface area contributed by atoms with E-state index >= 15 is 0 Å². The third kappa shape index (κ3) is 3.80. The Bertz CT molecular complexity index is 901. The third-order valence-electron chi connectivity index (χ3n) is 3.55. The van der Waals surface area contributed by atoms with Crippen molar-refractivity contribution in [1.82, 2.24) is 9.97 Å². The number of ether oxygens (including phenoxy) is 2. The molecule has 0 aliphatic rings. The number of nitrogens with one attached hydrogen (secondary N) is 2. The third-order valence-corrected chi connectivity index (χ3v) is 3.55. The van der Waals surface area contributed by atoms with E-state index in [1.807, 2.05) is 0 Å². The number of halogens is 2. The normalized spacial score (nSPS) is 10.3. The fourth-order valence-corrected chi connectivity index (χ4v) is 2.29. The van der Waals surface area contributed by atoms with Gasteiger partial charge in [-0.1, -0.05) is 6.07 Å². The Morgan fingerprint density at radius 1 is 0.846 bits per heavy atom. The number of methoxy groups -OCH3 is 2. The van der Waals surface area contributed by atoms with Gasteiger partial charge in [-0.15, -0.1) is 0 Å². The Labute approximate surface area is 148 Å². The predicted octanol–water partition coefficient (Wildman–Crippen LogP) is 4.26. The van der Waals surface area contributed by atoms with E-state index in [4.69, 9.17) is 9.47 Å². The molecule has 0 amide bonds. The summed E-state index contributed by atoms with van der Waals surface area (Å²) in [5.41, 5.74) is 0.338. The predicted molar refractivity (Wildman–Crippen MR) is 94.5 cm³/mol. The molecule has 0 aliphatic carbocycles. The summed E-state index contributed by atoms with van der Waals surface area (Å²) in [5, 5.41) is 5.69. The minimum Gasteiger partial charge on any atom is -0.497 e. The van der Waals surface area contributed by atoms with Crippen LogP contribution in [0.25, 0.3) is 0 Å². The summed E-state index contributed by atoms with van der Waals surface area (Å²) in [5.74, 6) is 0.424. The van der Waals surface area contributed by atoms with Crippen LogP contribution in [0.1, 0.15) is 0 Å². The number of hydrogen-bond donors (Lipinski definition) is 2. The van der Waals surface area contributed by atoms with Crippen LogP contribution in [0.2, 0.25) is 0 Å². The molecule has 0 radical (unpaired) electrons. The fraction of sp³-hybridized carbons (Fsp3) is 0.111. The van der Waals surface area contributed by atoms with Gasteiger partial charge in [-0.3, -0.25) is 0 Å². The van der Waals surface area contributed by atoms with Crippen molar-refractivity contribution >= 4 is 23.0 Å². The second-order valence-electron chi connectivity index (χ2n) is 5.20. The molecule has 2 aromatic carbocycles. The Morgan fingerprint density at radius 2 is 1.54 bits per heavy atom. The first-order chi connectivity index (χ1) is 12.6. The summed E-state index contributed by atoms with van der Waals surface area (Å²) in [4.78, 5) is 8.09. The van der Waals surface area contributed by atoms with E-state index in [9.17, 15) is 8.78 Å². The van der Waals surface area contributed by atoms with Gasteiger partial charge in [0, 0.05) is 12.1 Å². The second-order valence-corrected chi connectivity index (χ2v) is 5.20. The van der Waals surface area contributed by atoms with Gasteiger partial charge in [-0.2, -0.15) is 0 Å². The lowest BCUT2D eigenvalue weighted by atomic mass is 10.2. The number of rotatable bonds is 6. The Balaban J connectivity index is 1.86. The Hall–Kier alpha value is -3.42. The molecular formula is C18H16F2N4O2. The molecule has 1 aromatic heterocycles. The van der Waals surface area contributed by atoms with E-state index in [0.717, 1.165) is 12.1 Å². The first-order valence-electron chi connectivity index (χ1n) is 7.63. The summed E-state index contributed by atoms with van der Waals surface area (Å²) < 4.78 is 38.0. The van der Waals surface area contributed by atoms with E-state index in [1.54, 1.807) is 32.4 Å². The van der Waals surface area contributed by atoms with Gasteiger partial charge < -0.3 is 20.1 Å². The molecule has 8 heteroatoms. The highest BCUT2D eigenvalue weighted by atomic mass is 19.1. The van der Waals surface area contributed by atoms with Crippen molar-refractivity contribution in [3.8, 4) is 11.5 Å². The highest BCUT2D eigenvalue weighted by molar-refractivity contribution is 5.68. The number of hydrogen-bond acceptors (Lipinski definition) is 6. The van der Waals surface area contributed by atoms with Gasteiger partial charge in [0.1, 0.15) is 46.8 Å². The maximum absolute atomic E-state index is 13.8. The molecule has 6 nitrogen and oxygen atoms in total. The molecule has 0 fully saturated rings. The first kappa shape index (κ1) is 17.4. The van der Waals surface area contributed by atoms with Gasteiger partial charge in [0.05, 0.1) is 19.9 Å². The smallest absolute Gasteiger partial charge is 0.149 e. The van der Waals surface area contributed by atoms with Crippen molar-refractivity contribution in [3.05, 3.63) is 60.4 Å². The van der Waals surface area contributed by atoms with Crippen LogP contribution in [0.3, 0.4) is 0 Å². The van der Waals surface area contributed by atoms with Crippen LogP contribution in [0.4, 0.5) is 31.8 Å². The van der Waals surface area contributed by atoms with Gasteiger partial charge in [0.2, 0.25) is 0 Å². The molecule has 0 atom stereocenters. The molecule has 0 bridgehead atoms. The van der Waals surface area contributed by atoms with Gasteiger partial charge in [0.15, 0.2) is 0 Å². The molecule has 134 valence electrons. The van der Waals surface area contributed by atoms with Gasteiger partial charge in [-0.25, -0.2) is 18.7 Å². The summed E-state index contributed by atoms with van der Waals surface area (Å²) in [6.45, 7) is 0. The largest absolute Gasteiger partial charge is 0.497 e. The van der Waals surface area contributed by atoms with Crippen LogP contribution < -0.4 is 20.1 Å². The average molecular weight is 358 g/mol. The zero-order valence-corrected chi connectivity index (χ0v) is 14.1. The van der Waals surface area contributed by atoms with Crippen LogP contribution in [-0.2, 0) is 0 Å². The maximum Gasteiger partial charge on any atom is 0.149 e. The second kappa shape index (κ2) is 7.64. The molecule has 0 aliphatic heterocycles. The molecular weight excluding hydrogens is 342 g/mol. The zero-order chi connectivity index (χ0) is 18.5. The molecule has 0 spiro atoms. The van der Waals surface area contributed by atoms with Crippen LogP contribution in [-0.4, -0.2) is 24.2 Å². The zero-order valence-electron chi connectivity index (χ0n) is 14.1. The van der Waals surface area contributed by atoms with Crippen molar-refractivity contribution in [2.24, 2.45) is 0 Å². The van der Waals surface area contributed by atoms with Gasteiger partial charge in [-0.05, 0) is 24.3 Å². The topological polar surface area (TPSA) is 68.3 Å². The number of nitrogens with zero attached hydrogens (tertiary/aromatic N) is 2. The molecule has 1 heterocycles. The monoisotopic (exact) mass is 358 g/mol. The summed E-state index contributed by atoms with van der Waals surface area (Å²) in [6.07, 6.45) is 1.27. The van der Waals surface area contributed by atoms with E-state index in [-0.39, 0.29) is 11.5 Å². The average Bonchev–Trinajstić information content (AvgIpc) is 2.65. The molecule has 26 heavy (non-hydrogen) atoms. The number of para-hydroxylation sites is 1. The summed E-state index contributed by atoms with van der Waals surface area (Å²) in [7, 11) is 3.10. The van der Waals surface area contributed by atoms with Crippen LogP contribution in [0.5, 0.6) is 11.5 Å². The molecule has 0 saturated heterocycles. The number of anilines is 4. The molecule has 0 saturated carbocycles. The fourth-order valence-electron chi connectivity index (χ4n) is 2.29. The van der Waals surface area contributed by atoms with Crippen molar-refractivity contribution < 1.29 is 18.3 Å². The van der Waals surface area contributed by atoms with Gasteiger partial charge >= 0.3 is 0 Å². The van der Waals surface area contributed by atoms with Crippen molar-refractivity contribution in [3.63, 3.8) is 0 Å². The first-order valence-corrected chi connectivity index (χ1v) is 7.63. The minimum atomic E-state index is -0.715. The lowest BCUT2D eigenvalue weighted by Crippen LogP contribution is -2.02. The summed E-state index contributed by atoms with van der Waals surface area (Å²) in [6, 6.07) is 10.4. The van der Waals surface area contributed by atoms with E-state index in [1.165, 1.54) is 18.5 Å². The highest BCUT2D eigenvalue weighted by Gasteiger charge is 2.11. The van der Waals surface area contributed by atoms with Crippen molar-refractivity contribution in [2.45, 2.75) is 0 Å². The molecule has 3 aromatic rings. The van der Waals surface area contributed by atoms with E-state index < -0.39 is 11.6 Å². The Kier molecular flexibility index (Phi) is 5.12. The summed E-state index contributed by atoms with van der Waals surface area (Å²) >= 11 is 0. The standard InChI is InChI=1S/C18H16F2N4O2/c1-25-11-6-7-15(26-2)14(8-11)23-16-9-17(22-10-21-16)24-18-12(19)4-3-5-13(18)20/h3-10H,1-2H3,(H2,21,22,23,24). The highest BCUT2D eigenvalue weighted by Crippen LogP contribution is 2.31. The number of benzene rings is 2. The molecule has 3 rings (SSSR count). The molecule has 0 unspecified atom stereocenters. The van der Waals surface area contributed by atoms with Crippen molar-refractivity contribution in [2.75, 3.05) is 24.9 Å². The van der Waals surface area contributed by atoms with E-state index in [2.05, 4.69) is 20.6 Å². The SMILES string of the molecule is COc1ccc(OC)c(Nc2cc(Nc3c(F)cccc3F)ncn2)c1. The lowest BCUT2D eigenvalue weighted by Gasteiger charge is -2.13. The van der Waals surface area contributed by atoms with Gasteiger partial charge in [0.25, 0.3) is 0 Å². The lowest BCUT2D eigenvalue weighted by molar-refractivity contribution is 0.405. The van der Waals surface area contributed by atoms with E-state index in [0.29, 0.717) is 23.0 Å². The minimum absolute atomic E-state index is 0.230. The Morgan fingerprint density at radius 3 is 2.19 bits per heavy atom. The van der Waals surface area contributed by atoms with Crippen molar-refractivity contribution in [1.29, 1.82) is 0 Å². The maximum atomic E-state index is 13.8.